The molecule has 0 spiro atoms. The van der Waals surface area contributed by atoms with Crippen LogP contribution in [-0.4, -0.2) is 39.5 Å². The van der Waals surface area contributed by atoms with Gasteiger partial charge in [0.1, 0.15) is 0 Å². The van der Waals surface area contributed by atoms with Crippen LogP contribution in [0.4, 0.5) is 4.79 Å². The third-order valence-electron chi connectivity index (χ3n) is 4.55. The molecular formula is C17H24N2O4. The zero-order chi connectivity index (χ0) is 16.3. The number of carbonyl (C=O) groups excluding carboxylic acids is 1. The van der Waals surface area contributed by atoms with Crippen LogP contribution in [-0.2, 0) is 10.3 Å². The van der Waals surface area contributed by atoms with Crippen molar-refractivity contribution >= 4 is 6.03 Å². The zero-order valence-corrected chi connectivity index (χ0v) is 13.7. The number of amides is 2. The summed E-state index contributed by atoms with van der Waals surface area (Å²) in [7, 11) is 3.23. The molecule has 6 heteroatoms. The van der Waals surface area contributed by atoms with E-state index < -0.39 is 0 Å². The van der Waals surface area contributed by atoms with Crippen molar-refractivity contribution in [3.8, 4) is 11.5 Å². The molecule has 1 unspecified atom stereocenters. The quantitative estimate of drug-likeness (QED) is 0.843. The van der Waals surface area contributed by atoms with Gasteiger partial charge in [-0.25, -0.2) is 4.79 Å². The Hall–Kier alpha value is -1.95. The lowest BCUT2D eigenvalue weighted by atomic mass is 10.0. The van der Waals surface area contributed by atoms with Gasteiger partial charge in [-0.05, 0) is 43.4 Å². The fourth-order valence-electron chi connectivity index (χ4n) is 3.02. The highest BCUT2D eigenvalue weighted by Gasteiger charge is 2.46. The van der Waals surface area contributed by atoms with E-state index in [1.54, 1.807) is 14.2 Å². The maximum absolute atomic E-state index is 12.2. The summed E-state index contributed by atoms with van der Waals surface area (Å²) in [5.41, 5.74) is 0.752. The molecule has 3 rings (SSSR count). The minimum atomic E-state index is -0.292. The normalized spacial score (nSPS) is 21.6. The van der Waals surface area contributed by atoms with Gasteiger partial charge in [-0.3, -0.25) is 0 Å². The van der Waals surface area contributed by atoms with Crippen LogP contribution in [0.2, 0.25) is 0 Å². The second-order valence-electron chi connectivity index (χ2n) is 6.12. The van der Waals surface area contributed by atoms with Crippen LogP contribution in [0.1, 0.15) is 31.2 Å². The average Bonchev–Trinajstić information content (AvgIpc) is 3.16. The average molecular weight is 320 g/mol. The van der Waals surface area contributed by atoms with E-state index >= 15 is 0 Å². The lowest BCUT2D eigenvalue weighted by molar-refractivity contribution is 0.111. The van der Waals surface area contributed by atoms with E-state index in [0.717, 1.165) is 37.9 Å². The van der Waals surface area contributed by atoms with Gasteiger partial charge in [0.2, 0.25) is 0 Å². The lowest BCUT2D eigenvalue weighted by Crippen LogP contribution is -2.44. The number of rotatable bonds is 6. The number of carbonyl (C=O) groups is 1. The van der Waals surface area contributed by atoms with E-state index in [9.17, 15) is 4.79 Å². The Bertz CT molecular complexity index is 566. The molecule has 1 saturated heterocycles. The number of hydrogen-bond acceptors (Lipinski definition) is 4. The molecule has 2 aliphatic rings. The predicted molar refractivity (Wildman–Crippen MR) is 86.0 cm³/mol. The first kappa shape index (κ1) is 15.9. The Balaban J connectivity index is 1.61. The Morgan fingerprint density at radius 2 is 2.09 bits per heavy atom. The zero-order valence-electron chi connectivity index (χ0n) is 13.7. The van der Waals surface area contributed by atoms with E-state index in [-0.39, 0.29) is 17.7 Å². The van der Waals surface area contributed by atoms with Crippen molar-refractivity contribution in [2.75, 3.05) is 27.4 Å². The molecule has 0 bridgehead atoms. The second kappa shape index (κ2) is 6.66. The van der Waals surface area contributed by atoms with Crippen molar-refractivity contribution in [3.05, 3.63) is 23.8 Å². The van der Waals surface area contributed by atoms with Gasteiger partial charge in [0.25, 0.3) is 0 Å². The smallest absolute Gasteiger partial charge is 0.315 e. The van der Waals surface area contributed by atoms with E-state index in [2.05, 4.69) is 10.6 Å². The topological polar surface area (TPSA) is 68.8 Å². The summed E-state index contributed by atoms with van der Waals surface area (Å²) < 4.78 is 16.1. The molecule has 2 amide bonds. The number of methoxy groups -OCH3 is 2. The van der Waals surface area contributed by atoms with Gasteiger partial charge in [-0.1, -0.05) is 6.07 Å². The number of benzene rings is 1. The van der Waals surface area contributed by atoms with Crippen molar-refractivity contribution in [1.82, 2.24) is 10.6 Å². The third kappa shape index (κ3) is 3.52. The Morgan fingerprint density at radius 3 is 2.70 bits per heavy atom. The first-order valence-corrected chi connectivity index (χ1v) is 8.07. The van der Waals surface area contributed by atoms with Gasteiger partial charge < -0.3 is 24.8 Å². The summed E-state index contributed by atoms with van der Waals surface area (Å²) in [5, 5.41) is 6.01. The van der Waals surface area contributed by atoms with E-state index in [1.165, 1.54) is 0 Å². The fraction of sp³-hybridized carbons (Fsp3) is 0.588. The van der Waals surface area contributed by atoms with Crippen molar-refractivity contribution in [2.45, 2.75) is 37.3 Å². The molecule has 1 saturated carbocycles. The van der Waals surface area contributed by atoms with Crippen LogP contribution in [0.5, 0.6) is 11.5 Å². The summed E-state index contributed by atoms with van der Waals surface area (Å²) >= 11 is 0. The third-order valence-corrected chi connectivity index (χ3v) is 4.55. The molecule has 1 aliphatic heterocycles. The van der Waals surface area contributed by atoms with E-state index in [0.29, 0.717) is 18.0 Å². The van der Waals surface area contributed by atoms with Crippen LogP contribution in [0, 0.1) is 0 Å². The van der Waals surface area contributed by atoms with Crippen LogP contribution >= 0.6 is 0 Å². The minimum absolute atomic E-state index is 0.146. The molecule has 23 heavy (non-hydrogen) atoms. The molecule has 1 aromatic rings. The SMILES string of the molecule is COc1ccc(C2(NC(=O)NCC3CCCO3)CC2)cc1OC. The highest BCUT2D eigenvalue weighted by molar-refractivity contribution is 5.75. The molecule has 1 heterocycles. The summed E-state index contributed by atoms with van der Waals surface area (Å²) in [6.07, 6.45) is 4.09. The van der Waals surface area contributed by atoms with Crippen molar-refractivity contribution in [1.29, 1.82) is 0 Å². The van der Waals surface area contributed by atoms with E-state index in [4.69, 9.17) is 14.2 Å². The Kier molecular flexibility index (Phi) is 4.61. The highest BCUT2D eigenvalue weighted by atomic mass is 16.5. The first-order chi connectivity index (χ1) is 11.2. The molecule has 1 aromatic carbocycles. The Labute approximate surface area is 136 Å². The van der Waals surface area contributed by atoms with Gasteiger partial charge in [0, 0.05) is 13.2 Å². The molecule has 126 valence electrons. The maximum atomic E-state index is 12.2. The minimum Gasteiger partial charge on any atom is -0.493 e. The summed E-state index contributed by atoms with van der Waals surface area (Å²) in [5.74, 6) is 1.37. The van der Waals surface area contributed by atoms with Crippen molar-refractivity contribution in [3.63, 3.8) is 0 Å². The molecule has 2 N–H and O–H groups in total. The van der Waals surface area contributed by atoms with Gasteiger partial charge in [-0.2, -0.15) is 0 Å². The number of nitrogens with one attached hydrogen (secondary N) is 2. The van der Waals surface area contributed by atoms with Gasteiger partial charge in [0.15, 0.2) is 11.5 Å². The van der Waals surface area contributed by atoms with Crippen LogP contribution in [0.15, 0.2) is 18.2 Å². The lowest BCUT2D eigenvalue weighted by Gasteiger charge is -2.20. The molecule has 2 fully saturated rings. The monoisotopic (exact) mass is 320 g/mol. The van der Waals surface area contributed by atoms with Crippen LogP contribution in [0.25, 0.3) is 0 Å². The van der Waals surface area contributed by atoms with Crippen LogP contribution < -0.4 is 20.1 Å². The summed E-state index contributed by atoms with van der Waals surface area (Å²) in [6.45, 7) is 1.36. The second-order valence-corrected chi connectivity index (χ2v) is 6.12. The largest absolute Gasteiger partial charge is 0.493 e. The fourth-order valence-corrected chi connectivity index (χ4v) is 3.02. The van der Waals surface area contributed by atoms with Gasteiger partial charge >= 0.3 is 6.03 Å². The van der Waals surface area contributed by atoms with Gasteiger partial charge in [0.05, 0.1) is 25.9 Å². The molecule has 0 radical (unpaired) electrons. The summed E-state index contributed by atoms with van der Waals surface area (Å²) in [4.78, 5) is 12.2. The maximum Gasteiger partial charge on any atom is 0.315 e. The molecule has 6 nitrogen and oxygen atoms in total. The van der Waals surface area contributed by atoms with Crippen molar-refractivity contribution < 1.29 is 19.0 Å². The molecule has 1 aliphatic carbocycles. The first-order valence-electron chi connectivity index (χ1n) is 8.07. The molecule has 1 atom stereocenters. The van der Waals surface area contributed by atoms with Crippen LogP contribution in [0.3, 0.4) is 0 Å². The number of hydrogen-bond donors (Lipinski definition) is 2. The Morgan fingerprint density at radius 1 is 1.30 bits per heavy atom. The highest BCUT2D eigenvalue weighted by Crippen LogP contribution is 2.47. The summed E-state index contributed by atoms with van der Waals surface area (Å²) in [6, 6.07) is 5.65. The van der Waals surface area contributed by atoms with Gasteiger partial charge in [-0.15, -0.1) is 0 Å². The number of urea groups is 1. The number of ether oxygens (including phenoxy) is 3. The van der Waals surface area contributed by atoms with E-state index in [1.807, 2.05) is 18.2 Å². The van der Waals surface area contributed by atoms with Crippen molar-refractivity contribution in [2.24, 2.45) is 0 Å². The standard InChI is InChI=1S/C17H24N2O4/c1-21-14-6-5-12(10-15(14)22-2)17(7-8-17)19-16(20)18-11-13-4-3-9-23-13/h5-6,10,13H,3-4,7-9,11H2,1-2H3,(H2,18,19,20). The molecular weight excluding hydrogens is 296 g/mol. The molecule has 0 aromatic heterocycles. The predicted octanol–water partition coefficient (Wildman–Crippen LogP) is 2.17.